The zero-order chi connectivity index (χ0) is 18.5. The Kier molecular flexibility index (Phi) is 5.93. The molecule has 0 aliphatic heterocycles. The van der Waals surface area contributed by atoms with E-state index in [1.807, 2.05) is 24.8 Å². The van der Waals surface area contributed by atoms with Crippen molar-refractivity contribution >= 4 is 6.03 Å². The number of carbonyl (C=O) groups is 1. The van der Waals surface area contributed by atoms with Crippen molar-refractivity contribution in [3.63, 3.8) is 0 Å². The first-order valence-corrected chi connectivity index (χ1v) is 9.26. The predicted octanol–water partition coefficient (Wildman–Crippen LogP) is 3.26. The molecule has 0 saturated heterocycles. The quantitative estimate of drug-likeness (QED) is 0.832. The molecule has 0 fully saturated rings. The highest BCUT2D eigenvalue weighted by molar-refractivity contribution is 5.75. The number of nitrogens with zero attached hydrogens (tertiary/aromatic N) is 2. The molecule has 1 aromatic heterocycles. The number of nitrogens with one attached hydrogen (secondary N) is 1. The summed E-state index contributed by atoms with van der Waals surface area (Å²) < 4.78 is 5.17. The lowest BCUT2D eigenvalue weighted by molar-refractivity contribution is 0.157. The Morgan fingerprint density at radius 1 is 1.38 bits per heavy atom. The van der Waals surface area contributed by atoms with Crippen molar-refractivity contribution in [1.82, 2.24) is 15.4 Å². The molecule has 1 aliphatic rings. The van der Waals surface area contributed by atoms with Crippen molar-refractivity contribution in [2.45, 2.75) is 52.1 Å². The van der Waals surface area contributed by atoms with Crippen LogP contribution in [-0.4, -0.2) is 34.3 Å². The number of hydrogen-bond acceptors (Lipinski definition) is 4. The first-order valence-electron chi connectivity index (χ1n) is 9.26. The zero-order valence-electron chi connectivity index (χ0n) is 15.5. The van der Waals surface area contributed by atoms with Crippen LogP contribution in [0.5, 0.6) is 0 Å². The molecule has 2 N–H and O–H groups in total. The van der Waals surface area contributed by atoms with Gasteiger partial charge >= 0.3 is 6.03 Å². The van der Waals surface area contributed by atoms with E-state index in [1.54, 1.807) is 0 Å². The summed E-state index contributed by atoms with van der Waals surface area (Å²) >= 11 is 0. The van der Waals surface area contributed by atoms with Crippen LogP contribution in [0.3, 0.4) is 0 Å². The lowest BCUT2D eigenvalue weighted by atomic mass is 9.87. The highest BCUT2D eigenvalue weighted by Crippen LogP contribution is 2.34. The van der Waals surface area contributed by atoms with Crippen molar-refractivity contribution in [1.29, 1.82) is 0 Å². The largest absolute Gasteiger partial charge is 0.396 e. The molecule has 6 heteroatoms. The second-order valence-corrected chi connectivity index (χ2v) is 6.84. The van der Waals surface area contributed by atoms with E-state index in [0.29, 0.717) is 19.5 Å². The van der Waals surface area contributed by atoms with Crippen LogP contribution >= 0.6 is 0 Å². The predicted molar refractivity (Wildman–Crippen MR) is 98.7 cm³/mol. The molecule has 2 aromatic rings. The van der Waals surface area contributed by atoms with E-state index in [1.165, 1.54) is 11.1 Å². The standard InChI is InChI=1S/C20H27N3O3/c1-14-18(15(2)26-22-14)13-21-20(25)23(11-6-12-24)19-10-5-8-16-7-3-4-9-17(16)19/h3-4,7,9,19,24H,5-6,8,10-13H2,1-2H3,(H,21,25). The Balaban J connectivity index is 1.76. The molecular weight excluding hydrogens is 330 g/mol. The smallest absolute Gasteiger partial charge is 0.318 e. The summed E-state index contributed by atoms with van der Waals surface area (Å²) in [5, 5.41) is 16.2. The van der Waals surface area contributed by atoms with Gasteiger partial charge in [-0.1, -0.05) is 29.4 Å². The van der Waals surface area contributed by atoms with Gasteiger partial charge < -0.3 is 19.8 Å². The molecule has 6 nitrogen and oxygen atoms in total. The molecule has 1 aromatic carbocycles. The van der Waals surface area contributed by atoms with Gasteiger partial charge in [0.25, 0.3) is 0 Å². The third kappa shape index (κ3) is 3.90. The van der Waals surface area contributed by atoms with Gasteiger partial charge in [0.05, 0.1) is 11.7 Å². The van der Waals surface area contributed by atoms with E-state index in [2.05, 4.69) is 28.7 Å². The Hall–Kier alpha value is -2.34. The van der Waals surface area contributed by atoms with Gasteiger partial charge in [-0.25, -0.2) is 4.79 Å². The SMILES string of the molecule is Cc1noc(C)c1CNC(=O)N(CCCO)C1CCCc2ccccc21. The Labute approximate surface area is 154 Å². The molecule has 3 rings (SSSR count). The maximum absolute atomic E-state index is 13.0. The molecule has 0 saturated carbocycles. The summed E-state index contributed by atoms with van der Waals surface area (Å²) in [6.07, 6.45) is 3.63. The molecule has 140 valence electrons. The van der Waals surface area contributed by atoms with Crippen LogP contribution in [-0.2, 0) is 13.0 Å². The van der Waals surface area contributed by atoms with Crippen LogP contribution in [0.2, 0.25) is 0 Å². The van der Waals surface area contributed by atoms with E-state index < -0.39 is 0 Å². The van der Waals surface area contributed by atoms with Crippen molar-refractivity contribution in [2.75, 3.05) is 13.2 Å². The molecule has 1 heterocycles. The van der Waals surface area contributed by atoms with E-state index in [0.717, 1.165) is 36.3 Å². The normalized spacial score (nSPS) is 16.2. The zero-order valence-corrected chi connectivity index (χ0v) is 15.5. The van der Waals surface area contributed by atoms with Crippen molar-refractivity contribution in [2.24, 2.45) is 0 Å². The minimum Gasteiger partial charge on any atom is -0.396 e. The van der Waals surface area contributed by atoms with Gasteiger partial charge in [0.1, 0.15) is 5.76 Å². The molecule has 0 bridgehead atoms. The number of aromatic nitrogens is 1. The molecule has 2 amide bonds. The Bertz CT molecular complexity index is 737. The van der Waals surface area contributed by atoms with E-state index in [-0.39, 0.29) is 18.7 Å². The molecule has 1 atom stereocenters. The second-order valence-electron chi connectivity index (χ2n) is 6.84. The highest BCUT2D eigenvalue weighted by atomic mass is 16.5. The third-order valence-corrected chi connectivity index (χ3v) is 5.13. The average Bonchev–Trinajstić information content (AvgIpc) is 2.98. The summed E-state index contributed by atoms with van der Waals surface area (Å²) in [5.74, 6) is 0.729. The van der Waals surface area contributed by atoms with Gasteiger partial charge in [-0.15, -0.1) is 0 Å². The first-order chi connectivity index (χ1) is 12.6. The minimum absolute atomic E-state index is 0.0520. The molecular formula is C20H27N3O3. The fourth-order valence-corrected chi connectivity index (χ4v) is 3.71. The van der Waals surface area contributed by atoms with Crippen molar-refractivity contribution in [3.8, 4) is 0 Å². The van der Waals surface area contributed by atoms with Crippen LogP contribution in [0.4, 0.5) is 4.79 Å². The lowest BCUT2D eigenvalue weighted by Crippen LogP contribution is -2.43. The fraction of sp³-hybridized carbons (Fsp3) is 0.500. The molecule has 0 spiro atoms. The van der Waals surface area contributed by atoms with Gasteiger partial charge in [0, 0.05) is 25.3 Å². The monoisotopic (exact) mass is 357 g/mol. The Morgan fingerprint density at radius 3 is 2.92 bits per heavy atom. The number of amides is 2. The topological polar surface area (TPSA) is 78.6 Å². The average molecular weight is 357 g/mol. The van der Waals surface area contributed by atoms with Gasteiger partial charge in [0.15, 0.2) is 0 Å². The maximum Gasteiger partial charge on any atom is 0.318 e. The van der Waals surface area contributed by atoms with Crippen LogP contribution < -0.4 is 5.32 Å². The van der Waals surface area contributed by atoms with Gasteiger partial charge in [-0.3, -0.25) is 0 Å². The number of aliphatic hydroxyl groups excluding tert-OH is 1. The minimum atomic E-state index is -0.111. The number of urea groups is 1. The molecule has 0 radical (unpaired) electrons. The summed E-state index contributed by atoms with van der Waals surface area (Å²) in [5.41, 5.74) is 4.26. The summed E-state index contributed by atoms with van der Waals surface area (Å²) in [6, 6.07) is 8.29. The number of rotatable bonds is 6. The van der Waals surface area contributed by atoms with E-state index in [9.17, 15) is 9.90 Å². The summed E-state index contributed by atoms with van der Waals surface area (Å²) in [7, 11) is 0. The summed E-state index contributed by atoms with van der Waals surface area (Å²) in [4.78, 5) is 14.8. The Morgan fingerprint density at radius 2 is 2.19 bits per heavy atom. The van der Waals surface area contributed by atoms with Gasteiger partial charge in [-0.05, 0) is 50.7 Å². The number of hydrogen-bond donors (Lipinski definition) is 2. The number of benzene rings is 1. The lowest BCUT2D eigenvalue weighted by Gasteiger charge is -2.36. The van der Waals surface area contributed by atoms with E-state index in [4.69, 9.17) is 4.52 Å². The van der Waals surface area contributed by atoms with Crippen LogP contribution in [0.25, 0.3) is 0 Å². The number of carbonyl (C=O) groups excluding carboxylic acids is 1. The molecule has 1 unspecified atom stereocenters. The summed E-state index contributed by atoms with van der Waals surface area (Å²) in [6.45, 7) is 4.72. The molecule has 1 aliphatic carbocycles. The highest BCUT2D eigenvalue weighted by Gasteiger charge is 2.29. The van der Waals surface area contributed by atoms with Gasteiger partial charge in [0.2, 0.25) is 0 Å². The van der Waals surface area contributed by atoms with E-state index >= 15 is 0 Å². The molecule has 26 heavy (non-hydrogen) atoms. The van der Waals surface area contributed by atoms with Crippen molar-refractivity contribution in [3.05, 3.63) is 52.4 Å². The van der Waals surface area contributed by atoms with Crippen LogP contribution in [0.15, 0.2) is 28.8 Å². The van der Waals surface area contributed by atoms with Crippen LogP contribution in [0.1, 0.15) is 53.4 Å². The van der Waals surface area contributed by atoms with Crippen molar-refractivity contribution < 1.29 is 14.4 Å². The fourth-order valence-electron chi connectivity index (χ4n) is 3.71. The number of aliphatic hydroxyl groups is 1. The number of fused-ring (bicyclic) bond motifs is 1. The second kappa shape index (κ2) is 8.36. The van der Waals surface area contributed by atoms with Crippen LogP contribution in [0, 0.1) is 13.8 Å². The first kappa shape index (κ1) is 18.5. The third-order valence-electron chi connectivity index (χ3n) is 5.13. The number of aryl methyl sites for hydroxylation is 3. The van der Waals surface area contributed by atoms with Gasteiger partial charge in [-0.2, -0.15) is 0 Å². The maximum atomic E-state index is 13.0.